The summed E-state index contributed by atoms with van der Waals surface area (Å²) >= 11 is 1.43. The summed E-state index contributed by atoms with van der Waals surface area (Å²) in [6.45, 7) is 1.37. The molecule has 0 unspecified atom stereocenters. The number of nitrogens with one attached hydrogen (secondary N) is 1. The van der Waals surface area contributed by atoms with Crippen molar-refractivity contribution in [1.82, 2.24) is 9.88 Å². The molecule has 0 radical (unpaired) electrons. The second kappa shape index (κ2) is 8.53. The van der Waals surface area contributed by atoms with Crippen molar-refractivity contribution < 1.29 is 14.3 Å². The largest absolute Gasteiger partial charge is 0.497 e. The third kappa shape index (κ3) is 4.35. The lowest BCUT2D eigenvalue weighted by molar-refractivity contribution is 0.0758. The fourth-order valence-electron chi connectivity index (χ4n) is 3.42. The van der Waals surface area contributed by atoms with E-state index in [2.05, 4.69) is 22.4 Å². The van der Waals surface area contributed by atoms with Gasteiger partial charge >= 0.3 is 0 Å². The van der Waals surface area contributed by atoms with E-state index in [9.17, 15) is 4.79 Å². The number of nitrogens with zero attached hydrogens (tertiary/aromatic N) is 2. The number of hydrogen-bond acceptors (Lipinski definition) is 6. The molecule has 3 aromatic rings. The molecule has 0 fully saturated rings. The molecular formula is C22H23N3O3S. The molecule has 0 atom stereocenters. The lowest BCUT2D eigenvalue weighted by Crippen LogP contribution is -2.33. The van der Waals surface area contributed by atoms with Gasteiger partial charge < -0.3 is 19.7 Å². The Morgan fingerprint density at radius 1 is 1.00 bits per heavy atom. The quantitative estimate of drug-likeness (QED) is 0.686. The normalized spacial score (nSPS) is 13.4. The average Bonchev–Trinajstić information content (AvgIpc) is 3.12. The molecule has 0 saturated heterocycles. The van der Waals surface area contributed by atoms with Gasteiger partial charge in [-0.2, -0.15) is 0 Å². The molecule has 1 aromatic heterocycles. The van der Waals surface area contributed by atoms with Crippen LogP contribution < -0.4 is 14.8 Å². The molecule has 1 aliphatic heterocycles. The van der Waals surface area contributed by atoms with Gasteiger partial charge in [-0.1, -0.05) is 6.07 Å². The smallest absolute Gasteiger partial charge is 0.273 e. The molecule has 2 aromatic carbocycles. The van der Waals surface area contributed by atoms with E-state index in [-0.39, 0.29) is 5.91 Å². The first-order valence-electron chi connectivity index (χ1n) is 9.48. The van der Waals surface area contributed by atoms with Gasteiger partial charge in [0.2, 0.25) is 0 Å². The molecule has 0 saturated carbocycles. The SMILES string of the molecule is COc1ccc(Nc2nc(C(=O)N3CCc4ccc(OC)cc4CC3)cs2)cc1. The van der Waals surface area contributed by atoms with Crippen LogP contribution in [0, 0.1) is 0 Å². The standard InChI is InChI=1S/C22H23N3O3S/c1-27-18-7-4-17(5-8-18)23-22-24-20(14-29-22)21(26)25-11-9-15-3-6-19(28-2)13-16(15)10-12-25/h3-8,13-14H,9-12H2,1-2H3,(H,23,24). The summed E-state index contributed by atoms with van der Waals surface area (Å²) in [5.41, 5.74) is 3.91. The second-order valence-electron chi connectivity index (χ2n) is 6.82. The van der Waals surface area contributed by atoms with Crippen LogP contribution in [0.3, 0.4) is 0 Å². The van der Waals surface area contributed by atoms with Crippen LogP contribution in [-0.2, 0) is 12.8 Å². The number of hydrogen-bond donors (Lipinski definition) is 1. The number of aromatic nitrogens is 1. The van der Waals surface area contributed by atoms with Crippen LogP contribution in [0.2, 0.25) is 0 Å². The zero-order valence-corrected chi connectivity index (χ0v) is 17.3. The first-order chi connectivity index (χ1) is 14.2. The van der Waals surface area contributed by atoms with E-state index in [1.807, 2.05) is 40.6 Å². The van der Waals surface area contributed by atoms with Gasteiger partial charge in [-0.15, -0.1) is 11.3 Å². The van der Waals surface area contributed by atoms with Gasteiger partial charge in [0, 0.05) is 24.2 Å². The van der Waals surface area contributed by atoms with Crippen molar-refractivity contribution in [3.8, 4) is 11.5 Å². The molecule has 1 amide bonds. The van der Waals surface area contributed by atoms with Crippen LogP contribution in [0.5, 0.6) is 11.5 Å². The zero-order valence-electron chi connectivity index (χ0n) is 16.5. The van der Waals surface area contributed by atoms with Crippen molar-refractivity contribution >= 4 is 28.1 Å². The third-order valence-corrected chi connectivity index (χ3v) is 5.83. The Hall–Kier alpha value is -3.06. The first kappa shape index (κ1) is 19.3. The Labute approximate surface area is 174 Å². The molecule has 2 heterocycles. The molecule has 0 spiro atoms. The topological polar surface area (TPSA) is 63.7 Å². The van der Waals surface area contributed by atoms with Gasteiger partial charge in [-0.25, -0.2) is 4.98 Å². The van der Waals surface area contributed by atoms with Crippen LogP contribution in [-0.4, -0.2) is 43.1 Å². The zero-order chi connectivity index (χ0) is 20.2. The van der Waals surface area contributed by atoms with Gasteiger partial charge in [0.15, 0.2) is 5.13 Å². The van der Waals surface area contributed by atoms with E-state index in [1.165, 1.54) is 22.5 Å². The minimum atomic E-state index is -0.0243. The number of thiazole rings is 1. The molecule has 1 aliphatic rings. The fourth-order valence-corrected chi connectivity index (χ4v) is 4.13. The fraction of sp³-hybridized carbons (Fsp3) is 0.273. The Morgan fingerprint density at radius 3 is 2.41 bits per heavy atom. The number of carbonyl (C=O) groups is 1. The lowest BCUT2D eigenvalue weighted by atomic mass is 10.0. The second-order valence-corrected chi connectivity index (χ2v) is 7.68. The third-order valence-electron chi connectivity index (χ3n) is 5.07. The summed E-state index contributed by atoms with van der Waals surface area (Å²) in [5, 5.41) is 5.75. The first-order valence-corrected chi connectivity index (χ1v) is 10.4. The van der Waals surface area contributed by atoms with E-state index in [4.69, 9.17) is 9.47 Å². The average molecular weight is 410 g/mol. The van der Waals surface area contributed by atoms with Gasteiger partial charge in [0.05, 0.1) is 14.2 Å². The molecule has 150 valence electrons. The van der Waals surface area contributed by atoms with Gasteiger partial charge in [0.25, 0.3) is 5.91 Å². The molecule has 6 nitrogen and oxygen atoms in total. The van der Waals surface area contributed by atoms with Crippen molar-refractivity contribution in [2.75, 3.05) is 32.6 Å². The van der Waals surface area contributed by atoms with Crippen molar-refractivity contribution in [2.45, 2.75) is 12.8 Å². The number of ether oxygens (including phenoxy) is 2. The highest BCUT2D eigenvalue weighted by atomic mass is 32.1. The molecule has 4 rings (SSSR count). The number of rotatable bonds is 5. The highest BCUT2D eigenvalue weighted by Gasteiger charge is 2.22. The molecule has 7 heteroatoms. The van der Waals surface area contributed by atoms with Crippen LogP contribution in [0.4, 0.5) is 10.8 Å². The summed E-state index contributed by atoms with van der Waals surface area (Å²) in [4.78, 5) is 19.4. The monoisotopic (exact) mass is 409 g/mol. The Balaban J connectivity index is 1.42. The predicted octanol–water partition coefficient (Wildman–Crippen LogP) is 4.14. The summed E-state index contributed by atoms with van der Waals surface area (Å²) in [5.74, 6) is 1.63. The van der Waals surface area contributed by atoms with E-state index in [0.29, 0.717) is 23.9 Å². The Morgan fingerprint density at radius 2 is 1.69 bits per heavy atom. The van der Waals surface area contributed by atoms with Crippen molar-refractivity contribution in [3.63, 3.8) is 0 Å². The summed E-state index contributed by atoms with van der Waals surface area (Å²) in [7, 11) is 3.31. The number of benzene rings is 2. The highest BCUT2D eigenvalue weighted by molar-refractivity contribution is 7.14. The van der Waals surface area contributed by atoms with Gasteiger partial charge in [-0.05, 0) is 60.4 Å². The molecule has 0 bridgehead atoms. The number of amides is 1. The van der Waals surface area contributed by atoms with Gasteiger partial charge in [0.1, 0.15) is 17.2 Å². The maximum absolute atomic E-state index is 13.0. The maximum Gasteiger partial charge on any atom is 0.273 e. The minimum absolute atomic E-state index is 0.0243. The number of fused-ring (bicyclic) bond motifs is 1. The molecular weight excluding hydrogens is 386 g/mol. The molecule has 1 N–H and O–H groups in total. The highest BCUT2D eigenvalue weighted by Crippen LogP contribution is 2.25. The minimum Gasteiger partial charge on any atom is -0.497 e. The number of anilines is 2. The van der Waals surface area contributed by atoms with Crippen molar-refractivity contribution in [1.29, 1.82) is 0 Å². The summed E-state index contributed by atoms with van der Waals surface area (Å²) in [6, 6.07) is 13.8. The van der Waals surface area contributed by atoms with E-state index < -0.39 is 0 Å². The van der Waals surface area contributed by atoms with Crippen LogP contribution in [0.1, 0.15) is 21.6 Å². The Bertz CT molecular complexity index is 1000. The molecule has 0 aliphatic carbocycles. The van der Waals surface area contributed by atoms with Crippen molar-refractivity contribution in [2.24, 2.45) is 0 Å². The maximum atomic E-state index is 13.0. The van der Waals surface area contributed by atoms with E-state index >= 15 is 0 Å². The van der Waals surface area contributed by atoms with Crippen LogP contribution in [0.15, 0.2) is 47.8 Å². The predicted molar refractivity (Wildman–Crippen MR) is 115 cm³/mol. The molecule has 29 heavy (non-hydrogen) atoms. The van der Waals surface area contributed by atoms with Crippen molar-refractivity contribution in [3.05, 3.63) is 64.7 Å². The van der Waals surface area contributed by atoms with Crippen LogP contribution >= 0.6 is 11.3 Å². The summed E-state index contributed by atoms with van der Waals surface area (Å²) < 4.78 is 10.5. The number of methoxy groups -OCH3 is 2. The van der Waals surface area contributed by atoms with E-state index in [1.54, 1.807) is 14.2 Å². The number of carbonyl (C=O) groups excluding carboxylic acids is 1. The summed E-state index contributed by atoms with van der Waals surface area (Å²) in [6.07, 6.45) is 1.66. The Kier molecular flexibility index (Phi) is 5.67. The van der Waals surface area contributed by atoms with E-state index in [0.717, 1.165) is 30.0 Å². The lowest BCUT2D eigenvalue weighted by Gasteiger charge is -2.18. The van der Waals surface area contributed by atoms with Gasteiger partial charge in [-0.3, -0.25) is 4.79 Å². The van der Waals surface area contributed by atoms with Crippen LogP contribution in [0.25, 0.3) is 0 Å².